The molecule has 1 saturated carbocycles. The van der Waals surface area contributed by atoms with Crippen molar-refractivity contribution in [1.29, 1.82) is 0 Å². The SMILES string of the molecule is CC.Cc1ccc(O)c2c1[C@]13CCN(C)C(C)C1C[C@@H]1C(Cc4ccccc4)OCOC1[C@@H]3O2. The Labute approximate surface area is 204 Å². The van der Waals surface area contributed by atoms with Crippen LogP contribution in [0.4, 0.5) is 0 Å². The number of phenolic OH excluding ortho intramolecular Hbond substituents is 1. The molecule has 1 N–H and O–H groups in total. The summed E-state index contributed by atoms with van der Waals surface area (Å²) in [6.45, 7) is 9.84. The number of nitrogens with zero attached hydrogens (tertiary/aromatic N) is 1. The molecule has 5 nitrogen and oxygen atoms in total. The summed E-state index contributed by atoms with van der Waals surface area (Å²) in [7, 11) is 2.24. The van der Waals surface area contributed by atoms with E-state index in [1.807, 2.05) is 19.9 Å². The number of phenols is 1. The van der Waals surface area contributed by atoms with Crippen molar-refractivity contribution in [2.24, 2.45) is 11.8 Å². The smallest absolute Gasteiger partial charge is 0.165 e. The maximum absolute atomic E-state index is 10.7. The minimum atomic E-state index is -0.125. The van der Waals surface area contributed by atoms with E-state index in [1.165, 1.54) is 16.7 Å². The van der Waals surface area contributed by atoms with Gasteiger partial charge in [-0.1, -0.05) is 50.2 Å². The van der Waals surface area contributed by atoms with Gasteiger partial charge in [0.25, 0.3) is 0 Å². The highest BCUT2D eigenvalue weighted by Crippen LogP contribution is 2.63. The van der Waals surface area contributed by atoms with Crippen LogP contribution >= 0.6 is 0 Å². The predicted molar refractivity (Wildman–Crippen MR) is 133 cm³/mol. The lowest BCUT2D eigenvalue weighted by Gasteiger charge is -2.59. The molecule has 0 amide bonds. The molecule has 3 heterocycles. The molecule has 3 fully saturated rings. The summed E-state index contributed by atoms with van der Waals surface area (Å²) in [6, 6.07) is 14.9. The number of hydrogen-bond donors (Lipinski definition) is 1. The van der Waals surface area contributed by atoms with Crippen LogP contribution in [0, 0.1) is 18.8 Å². The van der Waals surface area contributed by atoms with Gasteiger partial charge in [0.15, 0.2) is 11.5 Å². The van der Waals surface area contributed by atoms with E-state index in [1.54, 1.807) is 6.07 Å². The van der Waals surface area contributed by atoms with E-state index in [0.717, 1.165) is 25.8 Å². The molecule has 4 aliphatic rings. The first-order chi connectivity index (χ1) is 16.5. The van der Waals surface area contributed by atoms with Crippen molar-refractivity contribution >= 4 is 0 Å². The van der Waals surface area contributed by atoms with Crippen LogP contribution in [-0.4, -0.2) is 54.7 Å². The zero-order valence-corrected chi connectivity index (χ0v) is 21.2. The monoisotopic (exact) mass is 465 g/mol. The minimum Gasteiger partial charge on any atom is -0.504 e. The number of aromatic hydroxyl groups is 1. The zero-order valence-electron chi connectivity index (χ0n) is 21.2. The van der Waals surface area contributed by atoms with Gasteiger partial charge in [0.1, 0.15) is 19.0 Å². The Morgan fingerprint density at radius 3 is 2.62 bits per heavy atom. The fourth-order valence-corrected chi connectivity index (χ4v) is 7.27. The maximum Gasteiger partial charge on any atom is 0.165 e. The molecule has 1 spiro atoms. The van der Waals surface area contributed by atoms with Crippen LogP contribution in [0.1, 0.15) is 50.3 Å². The van der Waals surface area contributed by atoms with Crippen molar-refractivity contribution in [3.63, 3.8) is 0 Å². The lowest BCUT2D eigenvalue weighted by Crippen LogP contribution is -2.68. The highest BCUT2D eigenvalue weighted by molar-refractivity contribution is 5.58. The van der Waals surface area contributed by atoms with Crippen LogP contribution in [0.25, 0.3) is 0 Å². The van der Waals surface area contributed by atoms with Gasteiger partial charge in [0, 0.05) is 22.9 Å². The normalized spacial score (nSPS) is 36.1. The quantitative estimate of drug-likeness (QED) is 0.671. The van der Waals surface area contributed by atoms with Crippen molar-refractivity contribution in [3.8, 4) is 11.5 Å². The van der Waals surface area contributed by atoms with Gasteiger partial charge in [0.05, 0.1) is 6.10 Å². The lowest BCUT2D eigenvalue weighted by atomic mass is 9.52. The summed E-state index contributed by atoms with van der Waals surface area (Å²) >= 11 is 0. The molecule has 1 aliphatic carbocycles. The van der Waals surface area contributed by atoms with Crippen molar-refractivity contribution in [2.75, 3.05) is 20.4 Å². The van der Waals surface area contributed by atoms with Gasteiger partial charge in [-0.15, -0.1) is 0 Å². The van der Waals surface area contributed by atoms with Crippen LogP contribution in [0.5, 0.6) is 11.5 Å². The van der Waals surface area contributed by atoms with Crippen LogP contribution < -0.4 is 4.74 Å². The number of likely N-dealkylation sites (tertiary alicyclic amines) is 1. The summed E-state index contributed by atoms with van der Waals surface area (Å²) in [4.78, 5) is 2.49. The molecule has 2 aromatic rings. The molecule has 184 valence electrons. The number of rotatable bonds is 2. The Morgan fingerprint density at radius 1 is 1.09 bits per heavy atom. The first-order valence-electron chi connectivity index (χ1n) is 13.0. The van der Waals surface area contributed by atoms with Gasteiger partial charge in [0.2, 0.25) is 0 Å². The average Bonchev–Trinajstić information content (AvgIpc) is 3.23. The third-order valence-corrected chi connectivity index (χ3v) is 8.93. The Balaban J connectivity index is 0.00000117. The molecule has 7 atom stereocenters. The molecule has 34 heavy (non-hydrogen) atoms. The first-order valence-corrected chi connectivity index (χ1v) is 13.0. The molecular weight excluding hydrogens is 426 g/mol. The molecule has 0 bridgehead atoms. The van der Waals surface area contributed by atoms with Crippen LogP contribution in [0.15, 0.2) is 42.5 Å². The van der Waals surface area contributed by atoms with Crippen molar-refractivity contribution in [3.05, 3.63) is 59.2 Å². The standard InChI is InChI=1S/C27H33NO4.C2H6/c1-16-9-10-21(29)25-23(16)27-11-12-28(3)17(2)20(27)14-19-22(13-18-7-5-4-6-8-18)30-15-31-24(19)26(27)32-25;1-2/h4-10,17,19-20,22,24,26,29H,11-15H2,1-3H3;1-2H3/t17?,19-,20?,22?,24?,26+,27+;/m1./s1. The number of piperidine rings is 1. The summed E-state index contributed by atoms with van der Waals surface area (Å²) in [5.41, 5.74) is 3.61. The van der Waals surface area contributed by atoms with Crippen LogP contribution in [0.3, 0.4) is 0 Å². The number of benzene rings is 2. The van der Waals surface area contributed by atoms with Gasteiger partial charge >= 0.3 is 0 Å². The lowest BCUT2D eigenvalue weighted by molar-refractivity contribution is -0.259. The molecular formula is C29H39NO4. The highest BCUT2D eigenvalue weighted by Gasteiger charge is 2.66. The van der Waals surface area contributed by atoms with E-state index < -0.39 is 0 Å². The average molecular weight is 466 g/mol. The summed E-state index contributed by atoms with van der Waals surface area (Å²) in [6.07, 6.45) is 2.94. The van der Waals surface area contributed by atoms with Crippen molar-refractivity contribution in [1.82, 2.24) is 4.90 Å². The summed E-state index contributed by atoms with van der Waals surface area (Å²) < 4.78 is 19.2. The van der Waals surface area contributed by atoms with Gasteiger partial charge in [-0.25, -0.2) is 0 Å². The van der Waals surface area contributed by atoms with E-state index in [-0.39, 0.29) is 35.4 Å². The van der Waals surface area contributed by atoms with Crippen molar-refractivity contribution in [2.45, 2.75) is 76.7 Å². The van der Waals surface area contributed by atoms with Crippen LogP contribution in [0.2, 0.25) is 0 Å². The molecule has 0 radical (unpaired) electrons. The van der Waals surface area contributed by atoms with Gasteiger partial charge in [-0.3, -0.25) is 0 Å². The van der Waals surface area contributed by atoms with E-state index >= 15 is 0 Å². The summed E-state index contributed by atoms with van der Waals surface area (Å²) in [5, 5.41) is 10.7. The second kappa shape index (κ2) is 9.18. The Hall–Kier alpha value is -2.08. The molecule has 4 unspecified atom stereocenters. The second-order valence-corrected chi connectivity index (χ2v) is 10.3. The molecule has 6 rings (SSSR count). The van der Waals surface area contributed by atoms with Gasteiger partial charge in [-0.05, 0) is 69.8 Å². The molecule has 2 saturated heterocycles. The molecule has 5 heteroatoms. The highest BCUT2D eigenvalue weighted by atomic mass is 16.7. The van der Waals surface area contributed by atoms with E-state index in [9.17, 15) is 5.11 Å². The largest absolute Gasteiger partial charge is 0.504 e. The maximum atomic E-state index is 10.7. The third-order valence-electron chi connectivity index (χ3n) is 8.93. The fraction of sp³-hybridized carbons (Fsp3) is 0.586. The number of fused-ring (bicyclic) bond motifs is 3. The number of aryl methyl sites for hydroxylation is 1. The topological polar surface area (TPSA) is 51.2 Å². The van der Waals surface area contributed by atoms with E-state index in [0.29, 0.717) is 24.5 Å². The first kappa shape index (κ1) is 23.7. The molecule has 2 aromatic carbocycles. The number of hydrogen-bond acceptors (Lipinski definition) is 5. The predicted octanol–water partition coefficient (Wildman–Crippen LogP) is 5.07. The molecule has 3 aliphatic heterocycles. The second-order valence-electron chi connectivity index (χ2n) is 10.3. The molecule has 0 aromatic heterocycles. The van der Waals surface area contributed by atoms with E-state index in [4.69, 9.17) is 14.2 Å². The third kappa shape index (κ3) is 3.47. The van der Waals surface area contributed by atoms with Gasteiger partial charge < -0.3 is 24.2 Å². The van der Waals surface area contributed by atoms with Crippen LogP contribution in [-0.2, 0) is 21.3 Å². The van der Waals surface area contributed by atoms with Gasteiger partial charge in [-0.2, -0.15) is 0 Å². The Kier molecular flexibility index (Phi) is 6.38. The van der Waals surface area contributed by atoms with E-state index in [2.05, 4.69) is 56.1 Å². The Bertz CT molecular complexity index is 1010. The zero-order chi connectivity index (χ0) is 24.0. The van der Waals surface area contributed by atoms with Crippen molar-refractivity contribution < 1.29 is 19.3 Å². The minimum absolute atomic E-state index is 0.0319. The Morgan fingerprint density at radius 2 is 1.85 bits per heavy atom. The fourth-order valence-electron chi connectivity index (χ4n) is 7.27. The summed E-state index contributed by atoms with van der Waals surface area (Å²) in [5.74, 6) is 1.62. The number of ether oxygens (including phenoxy) is 3.